The molecule has 3 aromatic rings. The summed E-state index contributed by atoms with van der Waals surface area (Å²) in [4.78, 5) is 24.4. The minimum Gasteiger partial charge on any atom is -0.488 e. The fourth-order valence-electron chi connectivity index (χ4n) is 5.61. The minimum atomic E-state index is -1.27. The van der Waals surface area contributed by atoms with E-state index in [4.69, 9.17) is 25.8 Å². The van der Waals surface area contributed by atoms with Gasteiger partial charge in [0, 0.05) is 47.8 Å². The van der Waals surface area contributed by atoms with Gasteiger partial charge in [-0.2, -0.15) is 0 Å². The number of methoxy groups -OCH3 is 1. The number of carbonyl (C=O) groups is 2. The number of halogens is 2. The summed E-state index contributed by atoms with van der Waals surface area (Å²) in [6.45, 7) is 6.48. The van der Waals surface area contributed by atoms with E-state index >= 15 is 4.39 Å². The normalized spacial score (nSPS) is 17.4. The molecule has 1 saturated carbocycles. The maximum Gasteiger partial charge on any atom is 0.407 e. The number of hydrogen-bond acceptors (Lipinski definition) is 6. The van der Waals surface area contributed by atoms with Crippen LogP contribution in [0.3, 0.4) is 0 Å². The van der Waals surface area contributed by atoms with E-state index in [1.165, 1.54) is 19.2 Å². The number of carboxylic acids is 1. The highest BCUT2D eigenvalue weighted by atomic mass is 35.5. The van der Waals surface area contributed by atoms with Crippen molar-refractivity contribution in [3.05, 3.63) is 88.2 Å². The number of hydrogen-bond donors (Lipinski definition) is 3. The number of amides is 1. The van der Waals surface area contributed by atoms with Crippen molar-refractivity contribution in [2.24, 2.45) is 0 Å². The highest BCUT2D eigenvalue weighted by molar-refractivity contribution is 6.33. The Hall–Kier alpha value is -3.66. The lowest BCUT2D eigenvalue weighted by atomic mass is 9.87. The SMILES string of the molecule is COCCOc1ccc(C(=O)O)c(-c2cc(C(CNC3CCC(NC(=O)OC(C)(C)C)CC3)c3ccccc3)ccc2Cl)c1F. The maximum atomic E-state index is 15.9. The van der Waals surface area contributed by atoms with Crippen molar-refractivity contribution in [2.75, 3.05) is 26.9 Å². The van der Waals surface area contributed by atoms with E-state index in [0.29, 0.717) is 6.54 Å². The minimum absolute atomic E-state index is 0.0641. The molecule has 242 valence electrons. The fourth-order valence-corrected chi connectivity index (χ4v) is 5.82. The molecule has 1 aliphatic rings. The number of ether oxygens (including phenoxy) is 3. The average Bonchev–Trinajstić information content (AvgIpc) is 2.99. The molecule has 3 aromatic carbocycles. The number of carbonyl (C=O) groups excluding carboxylic acids is 1. The van der Waals surface area contributed by atoms with Gasteiger partial charge in [0.15, 0.2) is 11.6 Å². The number of aromatic carboxylic acids is 1. The molecule has 0 radical (unpaired) electrons. The van der Waals surface area contributed by atoms with Crippen LogP contribution in [0.4, 0.5) is 9.18 Å². The molecule has 0 spiro atoms. The van der Waals surface area contributed by atoms with Crippen molar-refractivity contribution in [1.29, 1.82) is 0 Å². The van der Waals surface area contributed by atoms with Crippen LogP contribution in [0.5, 0.6) is 5.75 Å². The Kier molecular flexibility index (Phi) is 11.8. The zero-order valence-corrected chi connectivity index (χ0v) is 27.0. The Labute approximate surface area is 269 Å². The van der Waals surface area contributed by atoms with E-state index in [-0.39, 0.29) is 58.7 Å². The van der Waals surface area contributed by atoms with Crippen LogP contribution in [-0.4, -0.2) is 61.7 Å². The van der Waals surface area contributed by atoms with Crippen LogP contribution in [-0.2, 0) is 9.47 Å². The molecule has 0 aliphatic heterocycles. The summed E-state index contributed by atoms with van der Waals surface area (Å²) in [5.41, 5.74) is 1.30. The van der Waals surface area contributed by atoms with Crippen molar-refractivity contribution in [1.82, 2.24) is 10.6 Å². The molecular weight excluding hydrogens is 599 g/mol. The summed E-state index contributed by atoms with van der Waals surface area (Å²) < 4.78 is 31.8. The van der Waals surface area contributed by atoms with Gasteiger partial charge < -0.3 is 30.0 Å². The van der Waals surface area contributed by atoms with E-state index in [2.05, 4.69) is 10.6 Å². The third-order valence-electron chi connectivity index (χ3n) is 7.80. The lowest BCUT2D eigenvalue weighted by molar-refractivity contribution is 0.0489. The van der Waals surface area contributed by atoms with Gasteiger partial charge >= 0.3 is 12.1 Å². The zero-order chi connectivity index (χ0) is 32.6. The first-order chi connectivity index (χ1) is 21.5. The van der Waals surface area contributed by atoms with Crippen LogP contribution in [0.25, 0.3) is 11.1 Å². The van der Waals surface area contributed by atoms with Gasteiger partial charge in [-0.15, -0.1) is 0 Å². The first kappa shape index (κ1) is 34.2. The number of nitrogens with one attached hydrogen (secondary N) is 2. The van der Waals surface area contributed by atoms with Gasteiger partial charge in [-0.1, -0.05) is 48.0 Å². The molecule has 1 aliphatic carbocycles. The second-order valence-corrected chi connectivity index (χ2v) is 12.7. The van der Waals surface area contributed by atoms with Gasteiger partial charge in [-0.3, -0.25) is 0 Å². The lowest BCUT2D eigenvalue weighted by Crippen LogP contribution is -2.44. The molecule has 1 fully saturated rings. The molecule has 4 rings (SSSR count). The fraction of sp³-hybridized carbons (Fsp3) is 0.429. The van der Waals surface area contributed by atoms with Gasteiger partial charge in [0.25, 0.3) is 0 Å². The largest absolute Gasteiger partial charge is 0.488 e. The van der Waals surface area contributed by atoms with Gasteiger partial charge in [0.05, 0.1) is 12.2 Å². The molecule has 0 saturated heterocycles. The maximum absolute atomic E-state index is 15.9. The smallest absolute Gasteiger partial charge is 0.407 e. The van der Waals surface area contributed by atoms with Gasteiger partial charge in [0.2, 0.25) is 0 Å². The highest BCUT2D eigenvalue weighted by Gasteiger charge is 2.27. The molecule has 1 unspecified atom stereocenters. The molecule has 45 heavy (non-hydrogen) atoms. The molecule has 10 heteroatoms. The lowest BCUT2D eigenvalue weighted by Gasteiger charge is -2.32. The molecule has 3 N–H and O–H groups in total. The molecular formula is C35H42ClFN2O6. The Morgan fingerprint density at radius 1 is 0.978 bits per heavy atom. The van der Waals surface area contributed by atoms with Crippen LogP contribution in [0.15, 0.2) is 60.7 Å². The average molecular weight is 641 g/mol. The Bertz CT molecular complexity index is 1450. The summed E-state index contributed by atoms with van der Waals surface area (Å²) in [6.07, 6.45) is 3.04. The molecule has 0 aromatic heterocycles. The van der Waals surface area contributed by atoms with Gasteiger partial charge in [-0.05, 0) is 81.8 Å². The van der Waals surface area contributed by atoms with E-state index in [9.17, 15) is 14.7 Å². The molecule has 0 bridgehead atoms. The topological polar surface area (TPSA) is 106 Å². The van der Waals surface area contributed by atoms with Crippen molar-refractivity contribution in [3.8, 4) is 16.9 Å². The van der Waals surface area contributed by atoms with Crippen molar-refractivity contribution < 1.29 is 33.3 Å². The van der Waals surface area contributed by atoms with E-state index in [0.717, 1.165) is 36.8 Å². The Balaban J connectivity index is 1.57. The van der Waals surface area contributed by atoms with Crippen molar-refractivity contribution in [3.63, 3.8) is 0 Å². The van der Waals surface area contributed by atoms with E-state index in [1.807, 2.05) is 57.2 Å². The second kappa shape index (κ2) is 15.6. The summed E-state index contributed by atoms with van der Waals surface area (Å²) in [5.74, 6) is -2.27. The monoisotopic (exact) mass is 640 g/mol. The highest BCUT2D eigenvalue weighted by Crippen LogP contribution is 2.39. The number of rotatable bonds is 12. The molecule has 8 nitrogen and oxygen atoms in total. The second-order valence-electron chi connectivity index (χ2n) is 12.3. The van der Waals surface area contributed by atoms with Crippen LogP contribution in [0.1, 0.15) is 73.9 Å². The molecule has 1 amide bonds. The number of alkyl carbamates (subject to hydrolysis) is 1. The Morgan fingerprint density at radius 2 is 1.67 bits per heavy atom. The van der Waals surface area contributed by atoms with Gasteiger partial charge in [0.1, 0.15) is 12.2 Å². The first-order valence-electron chi connectivity index (χ1n) is 15.2. The van der Waals surface area contributed by atoms with E-state index in [1.54, 1.807) is 12.1 Å². The summed E-state index contributed by atoms with van der Waals surface area (Å²) in [5, 5.41) is 16.9. The van der Waals surface area contributed by atoms with Crippen molar-refractivity contribution in [2.45, 2.75) is 70.1 Å². The molecule has 1 atom stereocenters. The van der Waals surface area contributed by atoms with Gasteiger partial charge in [-0.25, -0.2) is 14.0 Å². The van der Waals surface area contributed by atoms with Crippen LogP contribution < -0.4 is 15.4 Å². The predicted octanol–water partition coefficient (Wildman–Crippen LogP) is 7.43. The van der Waals surface area contributed by atoms with E-state index < -0.39 is 23.5 Å². The quantitative estimate of drug-likeness (QED) is 0.177. The molecule has 0 heterocycles. The van der Waals surface area contributed by atoms with Crippen LogP contribution in [0, 0.1) is 5.82 Å². The number of carboxylic acid groups (broad SMARTS) is 1. The number of benzene rings is 3. The third-order valence-corrected chi connectivity index (χ3v) is 8.13. The predicted molar refractivity (Wildman–Crippen MR) is 173 cm³/mol. The first-order valence-corrected chi connectivity index (χ1v) is 15.6. The Morgan fingerprint density at radius 3 is 2.31 bits per heavy atom. The third kappa shape index (κ3) is 9.42. The zero-order valence-electron chi connectivity index (χ0n) is 26.2. The van der Waals surface area contributed by atoms with Crippen molar-refractivity contribution >= 4 is 23.7 Å². The van der Waals surface area contributed by atoms with Crippen LogP contribution >= 0.6 is 11.6 Å². The summed E-state index contributed by atoms with van der Waals surface area (Å²) >= 11 is 6.62. The summed E-state index contributed by atoms with van der Waals surface area (Å²) in [7, 11) is 1.51. The van der Waals surface area contributed by atoms with Crippen LogP contribution in [0.2, 0.25) is 5.02 Å². The standard InChI is InChI=1S/C35H42ClFN2O6/c1-35(2,3)45-34(42)39-25-13-11-24(12-14-25)38-21-28(22-8-6-5-7-9-22)23-10-16-29(36)27(20-23)31-26(33(40)41)15-17-30(32(31)37)44-19-18-43-4/h5-10,15-17,20,24-25,28,38H,11-14,18-19,21H2,1-4H3,(H,39,42)(H,40,41). The summed E-state index contributed by atoms with van der Waals surface area (Å²) in [6, 6.07) is 18.3.